The molecule has 1 heterocycles. The second-order valence-electron chi connectivity index (χ2n) is 2.01. The lowest BCUT2D eigenvalue weighted by Crippen LogP contribution is -1.75. The Kier molecular flexibility index (Phi) is 2.34. The van der Waals surface area contributed by atoms with E-state index in [1.54, 1.807) is 0 Å². The molecule has 0 atom stereocenters. The van der Waals surface area contributed by atoms with Gasteiger partial charge in [0.1, 0.15) is 0 Å². The Hall–Kier alpha value is 0.0869. The molecule has 1 radical (unpaired) electrons. The van der Waals surface area contributed by atoms with Crippen LogP contribution in [0.2, 0.25) is 6.04 Å². The van der Waals surface area contributed by atoms with Crippen molar-refractivity contribution >= 4 is 14.8 Å². The molecule has 0 nitrogen and oxygen atoms in total. The normalized spacial score (nSPS) is 21.7. The molecule has 0 bridgehead atoms. The molecule has 0 unspecified atom stereocenters. The van der Waals surface area contributed by atoms with Gasteiger partial charge in [-0.05, 0) is 12.5 Å². The van der Waals surface area contributed by atoms with E-state index in [1.807, 2.05) is 0 Å². The van der Waals surface area contributed by atoms with Gasteiger partial charge in [0.15, 0.2) is 0 Å². The average molecular weight is 111 g/mol. The van der Waals surface area contributed by atoms with Crippen molar-refractivity contribution in [3.8, 4) is 0 Å². The van der Waals surface area contributed by atoms with Crippen molar-refractivity contribution in [2.24, 2.45) is 0 Å². The highest BCUT2D eigenvalue weighted by molar-refractivity contribution is 6.46. The second kappa shape index (κ2) is 3.14. The molecule has 0 aromatic rings. The summed E-state index contributed by atoms with van der Waals surface area (Å²) in [5.41, 5.74) is 2.45. The molecule has 0 amide bonds. The van der Waals surface area contributed by atoms with Gasteiger partial charge in [-0.1, -0.05) is 19.3 Å². The quantitative estimate of drug-likeness (QED) is 0.415. The van der Waals surface area contributed by atoms with Crippen LogP contribution < -0.4 is 0 Å². The van der Waals surface area contributed by atoms with E-state index < -0.39 is 0 Å². The lowest BCUT2D eigenvalue weighted by Gasteiger charge is -1.86. The van der Waals surface area contributed by atoms with Gasteiger partial charge >= 0.3 is 0 Å². The Morgan fingerprint density at radius 3 is 3.14 bits per heavy atom. The van der Waals surface area contributed by atoms with Crippen LogP contribution in [-0.4, -0.2) is 14.8 Å². The summed E-state index contributed by atoms with van der Waals surface area (Å²) in [5.74, 6) is 0. The first kappa shape index (κ1) is 5.23. The highest BCUT2D eigenvalue weighted by atomic mass is 28.2. The predicted octanol–water partition coefficient (Wildman–Crippen LogP) is 1.49. The average Bonchev–Trinajstić information content (AvgIpc) is 1.90. The van der Waals surface area contributed by atoms with E-state index in [9.17, 15) is 0 Å². The van der Waals surface area contributed by atoms with E-state index >= 15 is 0 Å². The third-order valence-corrected chi connectivity index (χ3v) is 2.53. The second-order valence-corrected chi connectivity index (χ2v) is 3.32. The summed E-state index contributed by atoms with van der Waals surface area (Å²) in [4.78, 5) is 0. The summed E-state index contributed by atoms with van der Waals surface area (Å²) in [6, 6.07) is 1.47. The van der Waals surface area contributed by atoms with Crippen molar-refractivity contribution in [2.75, 3.05) is 0 Å². The molecule has 0 aromatic carbocycles. The summed E-state index contributed by atoms with van der Waals surface area (Å²) in [6.45, 7) is 0. The zero-order chi connectivity index (χ0) is 4.95. The van der Waals surface area contributed by atoms with Gasteiger partial charge in [0.05, 0.1) is 0 Å². The summed E-state index contributed by atoms with van der Waals surface area (Å²) in [7, 11) is 1.17. The first-order chi connectivity index (χ1) is 3.50. The Morgan fingerprint density at radius 1 is 1.14 bits per heavy atom. The van der Waals surface area contributed by atoms with Crippen molar-refractivity contribution in [2.45, 2.75) is 31.7 Å². The summed E-state index contributed by atoms with van der Waals surface area (Å²) < 4.78 is 0. The van der Waals surface area contributed by atoms with E-state index in [4.69, 9.17) is 0 Å². The first-order valence-electron chi connectivity index (χ1n) is 3.05. The van der Waals surface area contributed by atoms with Crippen LogP contribution in [0.1, 0.15) is 25.7 Å². The lowest BCUT2D eigenvalue weighted by molar-refractivity contribution is 0.753. The van der Waals surface area contributed by atoms with E-state index in [-0.39, 0.29) is 0 Å². The van der Waals surface area contributed by atoms with Gasteiger partial charge in [0.2, 0.25) is 0 Å². The number of hydrogen-bond acceptors (Lipinski definition) is 0. The van der Waals surface area contributed by atoms with Gasteiger partial charge in [0.25, 0.3) is 0 Å². The maximum atomic E-state index is 2.45. The van der Waals surface area contributed by atoms with Crippen LogP contribution in [0.15, 0.2) is 0 Å². The van der Waals surface area contributed by atoms with E-state index in [0.717, 1.165) is 0 Å². The van der Waals surface area contributed by atoms with E-state index in [1.165, 1.54) is 40.9 Å². The molecule has 0 spiro atoms. The van der Waals surface area contributed by atoms with Gasteiger partial charge in [0, 0.05) is 9.13 Å². The Balaban J connectivity index is 2.20. The largest absolute Gasteiger partial charge is 0.103 e. The smallest absolute Gasteiger partial charge is 0.0147 e. The SMILES string of the molecule is C1=[Si]CCCCC1. The predicted molar refractivity (Wildman–Crippen MR) is 35.1 cm³/mol. The molecule has 0 N–H and O–H groups in total. The number of rotatable bonds is 0. The van der Waals surface area contributed by atoms with Gasteiger partial charge in [-0.2, -0.15) is 0 Å². The Bertz CT molecular complexity index is 58.6. The summed E-state index contributed by atoms with van der Waals surface area (Å²) >= 11 is 0. The highest BCUT2D eigenvalue weighted by Gasteiger charge is 1.89. The van der Waals surface area contributed by atoms with Crippen LogP contribution in [0.5, 0.6) is 0 Å². The highest BCUT2D eigenvalue weighted by Crippen LogP contribution is 2.02. The van der Waals surface area contributed by atoms with Crippen LogP contribution in [0.3, 0.4) is 0 Å². The van der Waals surface area contributed by atoms with Crippen molar-refractivity contribution < 1.29 is 0 Å². The van der Waals surface area contributed by atoms with Crippen molar-refractivity contribution in [1.29, 1.82) is 0 Å². The Labute approximate surface area is 47.4 Å². The topological polar surface area (TPSA) is 0 Å². The lowest BCUT2D eigenvalue weighted by atomic mass is 10.2. The van der Waals surface area contributed by atoms with Crippen LogP contribution >= 0.6 is 0 Å². The molecule has 1 aliphatic rings. The molecule has 7 heavy (non-hydrogen) atoms. The standard InChI is InChI=1S/C6H11Si/c1-2-4-6-7-5-3-1/h5H,1-4,6H2. The molecular weight excluding hydrogens is 100 g/mol. The zero-order valence-corrected chi connectivity index (χ0v) is 5.61. The molecule has 39 valence electrons. The minimum absolute atomic E-state index is 1.17. The molecule has 0 aromatic heterocycles. The van der Waals surface area contributed by atoms with Gasteiger partial charge in [-0.25, -0.2) is 0 Å². The molecule has 0 aliphatic carbocycles. The third kappa shape index (κ3) is 2.02. The summed E-state index contributed by atoms with van der Waals surface area (Å²) in [5, 5.41) is 0. The van der Waals surface area contributed by atoms with E-state index in [2.05, 4.69) is 5.67 Å². The maximum Gasteiger partial charge on any atom is 0.0147 e. The maximum absolute atomic E-state index is 2.45. The van der Waals surface area contributed by atoms with Crippen LogP contribution in [0.25, 0.3) is 0 Å². The van der Waals surface area contributed by atoms with Crippen LogP contribution in [-0.2, 0) is 0 Å². The van der Waals surface area contributed by atoms with Gasteiger partial charge < -0.3 is 0 Å². The minimum atomic E-state index is 1.17. The molecule has 1 aliphatic heterocycles. The molecular formula is C6H11Si. The van der Waals surface area contributed by atoms with Crippen molar-refractivity contribution in [3.63, 3.8) is 0 Å². The first-order valence-corrected chi connectivity index (χ1v) is 4.33. The van der Waals surface area contributed by atoms with Crippen molar-refractivity contribution in [1.82, 2.24) is 0 Å². The van der Waals surface area contributed by atoms with Crippen LogP contribution in [0.4, 0.5) is 0 Å². The van der Waals surface area contributed by atoms with Crippen LogP contribution in [0, 0.1) is 0 Å². The number of hydrogen-bond donors (Lipinski definition) is 0. The van der Waals surface area contributed by atoms with Gasteiger partial charge in [-0.15, -0.1) is 5.67 Å². The summed E-state index contributed by atoms with van der Waals surface area (Å²) in [6.07, 6.45) is 5.80. The molecule has 0 saturated carbocycles. The fourth-order valence-corrected chi connectivity index (χ4v) is 1.92. The molecule has 0 fully saturated rings. The zero-order valence-electron chi connectivity index (χ0n) is 4.61. The fourth-order valence-electron chi connectivity index (χ4n) is 0.854. The molecule has 1 heteroatoms. The Morgan fingerprint density at radius 2 is 2.14 bits per heavy atom. The molecule has 0 saturated heterocycles. The minimum Gasteiger partial charge on any atom is -0.103 e. The fraction of sp³-hybridized carbons (Fsp3) is 0.833. The van der Waals surface area contributed by atoms with E-state index in [0.29, 0.717) is 0 Å². The molecule has 1 rings (SSSR count). The monoisotopic (exact) mass is 111 g/mol. The van der Waals surface area contributed by atoms with Crippen molar-refractivity contribution in [3.05, 3.63) is 0 Å². The third-order valence-electron chi connectivity index (χ3n) is 1.31. The van der Waals surface area contributed by atoms with Gasteiger partial charge in [-0.3, -0.25) is 0 Å².